The normalized spacial score (nSPS) is 15.2. The van der Waals surface area contributed by atoms with Crippen LogP contribution in [-0.4, -0.2) is 37.1 Å². The van der Waals surface area contributed by atoms with Gasteiger partial charge in [-0.1, -0.05) is 24.6 Å². The quantitative estimate of drug-likeness (QED) is 0.448. The minimum Gasteiger partial charge on any atom is -0.469 e. The van der Waals surface area contributed by atoms with Crippen LogP contribution in [0.15, 0.2) is 35.3 Å². The molecule has 6 nitrogen and oxygen atoms in total. The number of methoxy groups -OCH3 is 1. The van der Waals surface area contributed by atoms with Crippen LogP contribution in [-0.2, 0) is 9.53 Å². The fourth-order valence-electron chi connectivity index (χ4n) is 2.40. The number of benzene rings is 1. The summed E-state index contributed by atoms with van der Waals surface area (Å²) in [6, 6.07) is 10.1. The predicted molar refractivity (Wildman–Crippen MR) is 100 cm³/mol. The Morgan fingerprint density at radius 1 is 1.33 bits per heavy atom. The van der Waals surface area contributed by atoms with E-state index in [2.05, 4.69) is 37.6 Å². The molecule has 0 spiro atoms. The predicted octanol–water partition coefficient (Wildman–Crippen LogP) is 2.41. The van der Waals surface area contributed by atoms with Crippen LogP contribution in [0.25, 0.3) is 0 Å². The second kappa shape index (κ2) is 9.87. The SMILES string of the molecule is COC(=O)CCCCCNC(=S)/N=C1\CCN(c2ccccc2)N1. The topological polar surface area (TPSA) is 66.0 Å². The van der Waals surface area contributed by atoms with Crippen molar-refractivity contribution >= 4 is 34.8 Å². The van der Waals surface area contributed by atoms with Gasteiger partial charge >= 0.3 is 5.97 Å². The van der Waals surface area contributed by atoms with Gasteiger partial charge in [-0.2, -0.15) is 0 Å². The van der Waals surface area contributed by atoms with Crippen molar-refractivity contribution in [2.75, 3.05) is 25.2 Å². The number of ether oxygens (including phenoxy) is 1. The number of nitrogens with one attached hydrogen (secondary N) is 2. The highest BCUT2D eigenvalue weighted by molar-refractivity contribution is 7.80. The third-order valence-electron chi connectivity index (χ3n) is 3.70. The number of amidine groups is 1. The number of hydrogen-bond acceptors (Lipinski definition) is 4. The number of esters is 1. The summed E-state index contributed by atoms with van der Waals surface area (Å²) in [7, 11) is 1.41. The van der Waals surface area contributed by atoms with Gasteiger partial charge < -0.3 is 10.1 Å². The molecule has 0 atom stereocenters. The van der Waals surface area contributed by atoms with Crippen LogP contribution < -0.4 is 15.8 Å². The third kappa shape index (κ3) is 6.16. The first-order valence-corrected chi connectivity index (χ1v) is 8.61. The van der Waals surface area contributed by atoms with Gasteiger partial charge in [0, 0.05) is 25.9 Å². The third-order valence-corrected chi connectivity index (χ3v) is 3.94. The summed E-state index contributed by atoms with van der Waals surface area (Å²) >= 11 is 5.25. The lowest BCUT2D eigenvalue weighted by Gasteiger charge is -2.17. The molecule has 7 heteroatoms. The Bertz CT molecular complexity index is 577. The number of carbonyl (C=O) groups excluding carboxylic acids is 1. The molecular weight excluding hydrogens is 324 g/mol. The van der Waals surface area contributed by atoms with E-state index in [1.54, 1.807) is 0 Å². The molecule has 0 amide bonds. The molecular formula is C17H24N4O2S. The van der Waals surface area contributed by atoms with Crippen molar-refractivity contribution in [3.05, 3.63) is 30.3 Å². The van der Waals surface area contributed by atoms with Gasteiger partial charge in [-0.3, -0.25) is 15.2 Å². The van der Waals surface area contributed by atoms with Crippen molar-refractivity contribution in [1.29, 1.82) is 0 Å². The minimum absolute atomic E-state index is 0.153. The fraction of sp³-hybridized carbons (Fsp3) is 0.471. The number of para-hydroxylation sites is 1. The van der Waals surface area contributed by atoms with Crippen LogP contribution in [0.2, 0.25) is 0 Å². The summed E-state index contributed by atoms with van der Waals surface area (Å²) < 4.78 is 4.61. The van der Waals surface area contributed by atoms with E-state index in [-0.39, 0.29) is 5.97 Å². The number of thiocarbonyl (C=S) groups is 1. The first-order chi connectivity index (χ1) is 11.7. The van der Waals surface area contributed by atoms with Crippen LogP contribution in [0.3, 0.4) is 0 Å². The van der Waals surface area contributed by atoms with E-state index in [4.69, 9.17) is 12.2 Å². The van der Waals surface area contributed by atoms with Gasteiger partial charge in [-0.25, -0.2) is 4.99 Å². The van der Waals surface area contributed by atoms with Gasteiger partial charge in [0.2, 0.25) is 0 Å². The summed E-state index contributed by atoms with van der Waals surface area (Å²) in [5, 5.41) is 5.70. The number of unbranched alkanes of at least 4 members (excludes halogenated alkanes) is 2. The molecule has 0 radical (unpaired) electrons. The van der Waals surface area contributed by atoms with Crippen LogP contribution in [0.4, 0.5) is 5.69 Å². The van der Waals surface area contributed by atoms with E-state index < -0.39 is 0 Å². The zero-order valence-corrected chi connectivity index (χ0v) is 14.8. The number of anilines is 1. The molecule has 0 bridgehead atoms. The molecule has 0 unspecified atom stereocenters. The molecule has 1 saturated heterocycles. The van der Waals surface area contributed by atoms with Gasteiger partial charge in [0.25, 0.3) is 0 Å². The summed E-state index contributed by atoms with van der Waals surface area (Å²) in [5.74, 6) is 0.724. The highest BCUT2D eigenvalue weighted by Gasteiger charge is 2.17. The Hall–Kier alpha value is -2.15. The first kappa shape index (κ1) is 18.2. The Morgan fingerprint density at radius 2 is 2.12 bits per heavy atom. The molecule has 0 saturated carbocycles. The first-order valence-electron chi connectivity index (χ1n) is 8.20. The minimum atomic E-state index is -0.153. The lowest BCUT2D eigenvalue weighted by molar-refractivity contribution is -0.140. The second-order valence-corrected chi connectivity index (χ2v) is 5.91. The molecule has 1 fully saturated rings. The van der Waals surface area contributed by atoms with Crippen LogP contribution in [0.5, 0.6) is 0 Å². The van der Waals surface area contributed by atoms with Crippen molar-refractivity contribution in [2.45, 2.75) is 32.1 Å². The number of nitrogens with zero attached hydrogens (tertiary/aromatic N) is 2. The van der Waals surface area contributed by atoms with Crippen molar-refractivity contribution in [1.82, 2.24) is 10.7 Å². The molecule has 1 heterocycles. The molecule has 1 aromatic carbocycles. The van der Waals surface area contributed by atoms with Crippen molar-refractivity contribution in [3.63, 3.8) is 0 Å². The monoisotopic (exact) mass is 348 g/mol. The summed E-state index contributed by atoms with van der Waals surface area (Å²) in [6.45, 7) is 1.64. The number of aliphatic imine (C=N–C) groups is 1. The van der Waals surface area contributed by atoms with Gasteiger partial charge in [0.05, 0.1) is 12.8 Å². The van der Waals surface area contributed by atoms with E-state index in [9.17, 15) is 4.79 Å². The highest BCUT2D eigenvalue weighted by Crippen LogP contribution is 2.14. The Labute approximate surface area is 148 Å². The van der Waals surface area contributed by atoms with Gasteiger partial charge in [0.1, 0.15) is 5.84 Å². The lowest BCUT2D eigenvalue weighted by atomic mass is 10.2. The van der Waals surface area contributed by atoms with Crippen molar-refractivity contribution < 1.29 is 9.53 Å². The molecule has 1 aromatic rings. The Balaban J connectivity index is 1.63. The average Bonchev–Trinajstić information content (AvgIpc) is 3.07. The average molecular weight is 348 g/mol. The molecule has 24 heavy (non-hydrogen) atoms. The van der Waals surface area contributed by atoms with Gasteiger partial charge in [-0.05, 0) is 37.2 Å². The summed E-state index contributed by atoms with van der Waals surface area (Å²) in [6.07, 6.45) is 4.06. The molecule has 1 aliphatic heterocycles. The van der Waals surface area contributed by atoms with Crippen molar-refractivity contribution in [2.24, 2.45) is 4.99 Å². The Kier molecular flexibility index (Phi) is 7.48. The summed E-state index contributed by atoms with van der Waals surface area (Å²) in [4.78, 5) is 15.4. The van der Waals surface area contributed by atoms with Gasteiger partial charge in [-0.15, -0.1) is 0 Å². The van der Waals surface area contributed by atoms with Crippen LogP contribution >= 0.6 is 12.2 Å². The number of hydrazine groups is 1. The number of carbonyl (C=O) groups is 1. The smallest absolute Gasteiger partial charge is 0.305 e. The fourth-order valence-corrected chi connectivity index (χ4v) is 2.61. The summed E-state index contributed by atoms with van der Waals surface area (Å²) in [5.41, 5.74) is 4.39. The number of rotatable bonds is 7. The molecule has 0 aliphatic carbocycles. The largest absolute Gasteiger partial charge is 0.469 e. The molecule has 0 aromatic heterocycles. The number of hydrogen-bond donors (Lipinski definition) is 2. The molecule has 2 rings (SSSR count). The van der Waals surface area contributed by atoms with E-state index in [0.29, 0.717) is 11.5 Å². The van der Waals surface area contributed by atoms with E-state index in [0.717, 1.165) is 50.3 Å². The standard InChI is InChI=1S/C17H24N4O2S/c1-23-16(22)10-6-3-7-12-18-17(24)19-15-11-13-21(20-15)14-8-4-2-5-9-14/h2,4-5,8-9H,3,6-7,10-13H2,1H3,(H2,18,19,20,24). The van der Waals surface area contributed by atoms with E-state index >= 15 is 0 Å². The van der Waals surface area contributed by atoms with Gasteiger partial charge in [0.15, 0.2) is 5.11 Å². The molecule has 2 N–H and O–H groups in total. The zero-order valence-electron chi connectivity index (χ0n) is 14.0. The Morgan fingerprint density at radius 3 is 2.88 bits per heavy atom. The second-order valence-electron chi connectivity index (χ2n) is 5.53. The zero-order chi connectivity index (χ0) is 17.2. The maximum Gasteiger partial charge on any atom is 0.305 e. The molecule has 1 aliphatic rings. The molecule has 130 valence electrons. The highest BCUT2D eigenvalue weighted by atomic mass is 32.1. The van der Waals surface area contributed by atoms with E-state index in [1.807, 2.05) is 18.2 Å². The van der Waals surface area contributed by atoms with E-state index in [1.165, 1.54) is 7.11 Å². The van der Waals surface area contributed by atoms with Crippen LogP contribution in [0.1, 0.15) is 32.1 Å². The van der Waals surface area contributed by atoms with Crippen LogP contribution in [0, 0.1) is 0 Å². The maximum atomic E-state index is 11.0. The van der Waals surface area contributed by atoms with Crippen molar-refractivity contribution in [3.8, 4) is 0 Å². The maximum absolute atomic E-state index is 11.0. The lowest BCUT2D eigenvalue weighted by Crippen LogP contribution is -2.34.